The quantitative estimate of drug-likeness (QED) is 0.617. The summed E-state index contributed by atoms with van der Waals surface area (Å²) in [7, 11) is 1.99. The fraction of sp³-hybridized carbons (Fsp3) is 0.0833. The van der Waals surface area contributed by atoms with Gasteiger partial charge < -0.3 is 4.57 Å². The topological polar surface area (TPSA) is 43.6 Å². The van der Waals surface area contributed by atoms with E-state index >= 15 is 0 Å². The first-order valence-corrected chi connectivity index (χ1v) is 5.01. The molecular formula is C12H10N4. The van der Waals surface area contributed by atoms with Gasteiger partial charge in [-0.25, -0.2) is 15.0 Å². The summed E-state index contributed by atoms with van der Waals surface area (Å²) >= 11 is 0. The molecule has 4 nitrogen and oxygen atoms in total. The van der Waals surface area contributed by atoms with Gasteiger partial charge in [0.1, 0.15) is 12.0 Å². The maximum absolute atomic E-state index is 4.35. The Morgan fingerprint density at radius 2 is 1.94 bits per heavy atom. The van der Waals surface area contributed by atoms with Crippen molar-refractivity contribution in [2.45, 2.75) is 0 Å². The SMILES string of the molecule is Cn1ccc2c(-c3cncnc3)ccnc21. The van der Waals surface area contributed by atoms with Crippen LogP contribution < -0.4 is 0 Å². The Balaban J connectivity index is 2.32. The molecule has 0 aliphatic rings. The molecule has 3 aromatic heterocycles. The van der Waals surface area contributed by atoms with Gasteiger partial charge in [0.2, 0.25) is 0 Å². The third kappa shape index (κ3) is 1.27. The van der Waals surface area contributed by atoms with Gasteiger partial charge in [-0.05, 0) is 17.7 Å². The van der Waals surface area contributed by atoms with Crippen LogP contribution in [0, 0.1) is 0 Å². The summed E-state index contributed by atoms with van der Waals surface area (Å²) in [5.41, 5.74) is 3.11. The molecular weight excluding hydrogens is 200 g/mol. The minimum Gasteiger partial charge on any atom is -0.336 e. The number of pyridine rings is 1. The van der Waals surface area contributed by atoms with Crippen molar-refractivity contribution in [3.8, 4) is 11.1 Å². The second-order valence-electron chi connectivity index (χ2n) is 3.65. The zero-order chi connectivity index (χ0) is 11.0. The normalized spacial score (nSPS) is 10.8. The Kier molecular flexibility index (Phi) is 1.93. The number of hydrogen-bond donors (Lipinski definition) is 0. The van der Waals surface area contributed by atoms with Crippen molar-refractivity contribution in [1.82, 2.24) is 19.5 Å². The lowest BCUT2D eigenvalue weighted by molar-refractivity contribution is 0.948. The Bertz CT molecular complexity index is 628. The van der Waals surface area contributed by atoms with Gasteiger partial charge in [-0.2, -0.15) is 0 Å². The monoisotopic (exact) mass is 210 g/mol. The van der Waals surface area contributed by atoms with Gasteiger partial charge in [0.15, 0.2) is 0 Å². The average molecular weight is 210 g/mol. The van der Waals surface area contributed by atoms with Crippen molar-refractivity contribution >= 4 is 11.0 Å². The lowest BCUT2D eigenvalue weighted by Gasteiger charge is -2.02. The number of aromatic nitrogens is 4. The molecule has 78 valence electrons. The van der Waals surface area contributed by atoms with E-state index in [4.69, 9.17) is 0 Å². The van der Waals surface area contributed by atoms with Crippen LogP contribution in [0.15, 0.2) is 43.2 Å². The van der Waals surface area contributed by atoms with Gasteiger partial charge in [-0.15, -0.1) is 0 Å². The molecule has 0 unspecified atom stereocenters. The van der Waals surface area contributed by atoms with E-state index < -0.39 is 0 Å². The van der Waals surface area contributed by atoms with E-state index in [1.54, 1.807) is 0 Å². The van der Waals surface area contributed by atoms with Crippen molar-refractivity contribution in [3.63, 3.8) is 0 Å². The smallest absolute Gasteiger partial charge is 0.140 e. The molecule has 0 saturated heterocycles. The molecule has 0 atom stereocenters. The van der Waals surface area contributed by atoms with Crippen LogP contribution in [0.25, 0.3) is 22.2 Å². The fourth-order valence-corrected chi connectivity index (χ4v) is 1.85. The predicted molar refractivity (Wildman–Crippen MR) is 61.7 cm³/mol. The number of hydrogen-bond acceptors (Lipinski definition) is 3. The van der Waals surface area contributed by atoms with Crippen LogP contribution in [0.1, 0.15) is 0 Å². The molecule has 3 rings (SSSR count). The van der Waals surface area contributed by atoms with Crippen LogP contribution in [0.4, 0.5) is 0 Å². The van der Waals surface area contributed by atoms with Crippen LogP contribution in [0.2, 0.25) is 0 Å². The van der Waals surface area contributed by atoms with Crippen molar-refractivity contribution in [2.75, 3.05) is 0 Å². The largest absolute Gasteiger partial charge is 0.336 e. The average Bonchev–Trinajstić information content (AvgIpc) is 2.73. The van der Waals surface area contributed by atoms with Gasteiger partial charge in [-0.1, -0.05) is 0 Å². The number of rotatable bonds is 1. The summed E-state index contributed by atoms with van der Waals surface area (Å²) in [6.45, 7) is 0. The molecule has 3 heterocycles. The second kappa shape index (κ2) is 3.41. The van der Waals surface area contributed by atoms with Gasteiger partial charge in [0.05, 0.1) is 0 Å². The van der Waals surface area contributed by atoms with Gasteiger partial charge in [-0.3, -0.25) is 0 Å². The first-order chi connectivity index (χ1) is 7.86. The van der Waals surface area contributed by atoms with E-state index in [1.165, 1.54) is 6.33 Å². The van der Waals surface area contributed by atoms with Crippen molar-refractivity contribution in [2.24, 2.45) is 7.05 Å². The standard InChI is InChI=1S/C12H10N4/c1-16-5-3-11-10(2-4-15-12(11)16)9-6-13-8-14-7-9/h2-8H,1H3. The summed E-state index contributed by atoms with van der Waals surface area (Å²) in [6.07, 6.45) is 8.98. The molecule has 0 aromatic carbocycles. The molecule has 4 heteroatoms. The van der Waals surface area contributed by atoms with Gasteiger partial charge in [0, 0.05) is 42.8 Å². The molecule has 0 aliphatic heterocycles. The minimum absolute atomic E-state index is 0.973. The lowest BCUT2D eigenvalue weighted by Crippen LogP contribution is -1.89. The van der Waals surface area contributed by atoms with Crippen LogP contribution in [-0.2, 0) is 7.05 Å². The molecule has 3 aromatic rings. The van der Waals surface area contributed by atoms with Gasteiger partial charge >= 0.3 is 0 Å². The van der Waals surface area contributed by atoms with Gasteiger partial charge in [0.25, 0.3) is 0 Å². The lowest BCUT2D eigenvalue weighted by atomic mass is 10.1. The van der Waals surface area contributed by atoms with E-state index in [0.29, 0.717) is 0 Å². The highest BCUT2D eigenvalue weighted by Crippen LogP contribution is 2.26. The number of nitrogens with zero attached hydrogens (tertiary/aromatic N) is 4. The summed E-state index contributed by atoms with van der Waals surface area (Å²) < 4.78 is 2.00. The zero-order valence-electron chi connectivity index (χ0n) is 8.83. The Morgan fingerprint density at radius 1 is 1.12 bits per heavy atom. The Labute approximate surface area is 92.6 Å². The highest BCUT2D eigenvalue weighted by atomic mass is 15.0. The summed E-state index contributed by atoms with van der Waals surface area (Å²) in [6, 6.07) is 4.05. The predicted octanol–water partition coefficient (Wildman–Crippen LogP) is 2.03. The highest BCUT2D eigenvalue weighted by molar-refractivity contribution is 5.92. The summed E-state index contributed by atoms with van der Waals surface area (Å²) in [5, 5.41) is 1.12. The maximum atomic E-state index is 4.35. The van der Waals surface area contributed by atoms with Crippen molar-refractivity contribution in [3.05, 3.63) is 43.2 Å². The first-order valence-electron chi connectivity index (χ1n) is 5.01. The molecule has 0 N–H and O–H groups in total. The Hall–Kier alpha value is -2.23. The molecule has 0 saturated carbocycles. The molecule has 16 heavy (non-hydrogen) atoms. The second-order valence-corrected chi connectivity index (χ2v) is 3.65. The fourth-order valence-electron chi connectivity index (χ4n) is 1.85. The number of aryl methyl sites for hydroxylation is 1. The first kappa shape index (κ1) is 9.03. The maximum Gasteiger partial charge on any atom is 0.140 e. The highest BCUT2D eigenvalue weighted by Gasteiger charge is 2.06. The molecule has 0 radical (unpaired) electrons. The van der Waals surface area contributed by atoms with E-state index in [2.05, 4.69) is 21.0 Å². The molecule has 0 spiro atoms. The Morgan fingerprint density at radius 3 is 2.75 bits per heavy atom. The van der Waals surface area contributed by atoms with Crippen LogP contribution >= 0.6 is 0 Å². The molecule has 0 bridgehead atoms. The van der Waals surface area contributed by atoms with Crippen molar-refractivity contribution in [1.29, 1.82) is 0 Å². The molecule has 0 fully saturated rings. The third-order valence-corrected chi connectivity index (χ3v) is 2.64. The van der Waals surface area contributed by atoms with Crippen molar-refractivity contribution < 1.29 is 0 Å². The van der Waals surface area contributed by atoms with E-state index in [-0.39, 0.29) is 0 Å². The summed E-state index contributed by atoms with van der Waals surface area (Å²) in [4.78, 5) is 12.4. The molecule has 0 aliphatic carbocycles. The zero-order valence-corrected chi connectivity index (χ0v) is 8.83. The van der Waals surface area contributed by atoms with E-state index in [9.17, 15) is 0 Å². The molecule has 0 amide bonds. The van der Waals surface area contributed by atoms with E-state index in [1.807, 2.05) is 42.5 Å². The third-order valence-electron chi connectivity index (χ3n) is 2.64. The van der Waals surface area contributed by atoms with Crippen LogP contribution in [-0.4, -0.2) is 19.5 Å². The van der Waals surface area contributed by atoms with E-state index in [0.717, 1.165) is 22.2 Å². The number of fused-ring (bicyclic) bond motifs is 1. The summed E-state index contributed by atoms with van der Waals surface area (Å²) in [5.74, 6) is 0. The minimum atomic E-state index is 0.973. The van der Waals surface area contributed by atoms with Crippen LogP contribution in [0.5, 0.6) is 0 Å². The van der Waals surface area contributed by atoms with Crippen LogP contribution in [0.3, 0.4) is 0 Å².